The molecule has 3 fully saturated rings. The number of unbranched alkanes of at least 4 members (excludes halogenated alkanes) is 44. The second-order valence-corrected chi connectivity index (χ2v) is 28.9. The van der Waals surface area contributed by atoms with Gasteiger partial charge < -0.3 is 89.9 Å². The van der Waals surface area contributed by atoms with Crippen LogP contribution in [-0.2, 0) is 33.2 Å². The molecule has 0 spiro atoms. The highest BCUT2D eigenvalue weighted by Crippen LogP contribution is 2.33. The van der Waals surface area contributed by atoms with Crippen LogP contribution in [0.5, 0.6) is 0 Å². The first kappa shape index (κ1) is 90.2. The number of rotatable bonds is 64. The molecule has 1 amide bonds. The van der Waals surface area contributed by atoms with E-state index in [4.69, 9.17) is 28.4 Å². The number of aliphatic hydroxyl groups excluding tert-OH is 11. The minimum atomic E-state index is -1.98. The normalized spacial score (nSPS) is 26.9. The summed E-state index contributed by atoms with van der Waals surface area (Å²) in [6.45, 7) is 1.75. The van der Waals surface area contributed by atoms with Crippen molar-refractivity contribution in [1.82, 2.24) is 5.32 Å². The van der Waals surface area contributed by atoms with Crippen LogP contribution in [-0.4, -0.2) is 193 Å². The van der Waals surface area contributed by atoms with Gasteiger partial charge in [0.05, 0.1) is 38.6 Å². The lowest BCUT2D eigenvalue weighted by Crippen LogP contribution is -2.66. The zero-order chi connectivity index (χ0) is 71.1. The van der Waals surface area contributed by atoms with Gasteiger partial charge in [-0.2, -0.15) is 0 Å². The van der Waals surface area contributed by atoms with E-state index < -0.39 is 124 Å². The summed E-state index contributed by atoms with van der Waals surface area (Å²) in [5.74, 6) is -0.280. The zero-order valence-corrected chi connectivity index (χ0v) is 61.5. The summed E-state index contributed by atoms with van der Waals surface area (Å²) in [5.41, 5.74) is 0. The van der Waals surface area contributed by atoms with Gasteiger partial charge in [-0.1, -0.05) is 301 Å². The van der Waals surface area contributed by atoms with Crippen LogP contribution in [0, 0.1) is 0 Å². The third kappa shape index (κ3) is 40.3. The third-order valence-electron chi connectivity index (χ3n) is 20.2. The van der Waals surface area contributed by atoms with Gasteiger partial charge in [-0.15, -0.1) is 0 Å². The summed E-state index contributed by atoms with van der Waals surface area (Å²) in [4.78, 5) is 13.4. The van der Waals surface area contributed by atoms with Crippen molar-refractivity contribution in [3.8, 4) is 0 Å². The van der Waals surface area contributed by atoms with Crippen molar-refractivity contribution >= 4 is 5.91 Å². The first-order valence-electron chi connectivity index (χ1n) is 40.2. The summed E-state index contributed by atoms with van der Waals surface area (Å²) < 4.78 is 34.4. The summed E-state index contributed by atoms with van der Waals surface area (Å²) in [6, 6.07) is -0.988. The van der Waals surface area contributed by atoms with E-state index in [2.05, 4.69) is 43.5 Å². The molecule has 12 N–H and O–H groups in total. The Labute approximate surface area is 593 Å². The molecule has 0 bridgehead atoms. The molecule has 3 aliphatic rings. The average molecular weight is 1400 g/mol. The number of hydrogen-bond acceptors (Lipinski definition) is 18. The van der Waals surface area contributed by atoms with Gasteiger partial charge in [0.25, 0.3) is 0 Å². The third-order valence-corrected chi connectivity index (χ3v) is 20.2. The molecular formula is C79H147NO18. The van der Waals surface area contributed by atoms with Crippen LogP contribution >= 0.6 is 0 Å². The molecule has 0 aliphatic carbocycles. The molecule has 3 aliphatic heterocycles. The van der Waals surface area contributed by atoms with Crippen LogP contribution in [0.4, 0.5) is 0 Å². The van der Waals surface area contributed by atoms with Crippen molar-refractivity contribution in [3.05, 3.63) is 36.5 Å². The number of ether oxygens (including phenoxy) is 6. The predicted molar refractivity (Wildman–Crippen MR) is 388 cm³/mol. The molecule has 3 saturated heterocycles. The van der Waals surface area contributed by atoms with Gasteiger partial charge in [0, 0.05) is 6.42 Å². The van der Waals surface area contributed by atoms with Gasteiger partial charge in [0.1, 0.15) is 73.2 Å². The lowest BCUT2D eigenvalue weighted by atomic mass is 9.96. The average Bonchev–Trinajstić information content (AvgIpc) is 0.784. The maximum Gasteiger partial charge on any atom is 0.220 e. The molecule has 19 nitrogen and oxygen atoms in total. The molecule has 98 heavy (non-hydrogen) atoms. The molecular weight excluding hydrogens is 1250 g/mol. The minimum Gasteiger partial charge on any atom is -0.394 e. The molecule has 0 aromatic carbocycles. The van der Waals surface area contributed by atoms with E-state index in [9.17, 15) is 61.0 Å². The Bertz CT molecular complexity index is 1910. The Kier molecular flexibility index (Phi) is 55.5. The van der Waals surface area contributed by atoms with Crippen LogP contribution in [0.3, 0.4) is 0 Å². The number of hydrogen-bond donors (Lipinski definition) is 12. The van der Waals surface area contributed by atoms with E-state index >= 15 is 0 Å². The summed E-state index contributed by atoms with van der Waals surface area (Å²) in [7, 11) is 0. The minimum absolute atomic E-state index is 0.240. The number of aliphatic hydroxyl groups is 11. The van der Waals surface area contributed by atoms with E-state index in [0.717, 1.165) is 38.5 Å². The Balaban J connectivity index is 1.31. The van der Waals surface area contributed by atoms with E-state index in [1.165, 1.54) is 257 Å². The predicted octanol–water partition coefficient (Wildman–Crippen LogP) is 13.1. The number of carbonyl (C=O) groups excluding carboxylic acids is 1. The quantitative estimate of drug-likeness (QED) is 0.0199. The van der Waals surface area contributed by atoms with Gasteiger partial charge in [0.2, 0.25) is 5.91 Å². The Morgan fingerprint density at radius 2 is 0.653 bits per heavy atom. The van der Waals surface area contributed by atoms with Gasteiger partial charge in [-0.3, -0.25) is 4.79 Å². The lowest BCUT2D eigenvalue weighted by Gasteiger charge is -2.48. The standard InChI is InChI=1S/C79H147NO18/c1-3-5-7-9-11-13-15-17-19-21-22-23-24-25-26-27-28-29-30-31-32-33-34-35-36-37-38-39-40-41-43-45-47-49-51-53-55-57-67(85)80-62(63(84)56-54-52-50-48-46-44-42-20-18-16-14-12-10-8-6-4-2)61-93-77-73(91)70(88)75(65(59-82)95-77)98-79-74(92)71(89)76(66(60-83)96-79)97-78-72(90)69(87)68(86)64(58-81)94-78/h21-22,46,48,54,56,62-66,68-79,81-84,86-92H,3-20,23-45,47,49-53,55,57-61H2,1-2H3,(H,80,85)/b22-21-,48-46+,56-54+. The van der Waals surface area contributed by atoms with Crippen molar-refractivity contribution in [2.45, 2.75) is 433 Å². The molecule has 3 heterocycles. The molecule has 0 radical (unpaired) electrons. The number of amides is 1. The fraction of sp³-hybridized carbons (Fsp3) is 0.911. The smallest absolute Gasteiger partial charge is 0.220 e. The molecule has 0 aromatic rings. The molecule has 3 rings (SSSR count). The van der Waals surface area contributed by atoms with Gasteiger partial charge in [0.15, 0.2) is 18.9 Å². The first-order chi connectivity index (χ1) is 47.8. The second kappa shape index (κ2) is 60.3. The molecule has 576 valence electrons. The maximum absolute atomic E-state index is 13.4. The van der Waals surface area contributed by atoms with Crippen molar-refractivity contribution < 1.29 is 89.4 Å². The summed E-state index contributed by atoms with van der Waals surface area (Å²) >= 11 is 0. The summed E-state index contributed by atoms with van der Waals surface area (Å²) in [6.07, 6.45) is 47.4. The van der Waals surface area contributed by atoms with Crippen molar-refractivity contribution in [2.24, 2.45) is 0 Å². The fourth-order valence-corrected chi connectivity index (χ4v) is 13.7. The Morgan fingerprint density at radius 1 is 0.357 bits per heavy atom. The lowest BCUT2D eigenvalue weighted by molar-refractivity contribution is -0.379. The number of carbonyl (C=O) groups is 1. The fourth-order valence-electron chi connectivity index (χ4n) is 13.7. The SMILES string of the molecule is CCCCCCCCCC/C=C\CCCCCCCCCCCCCCCCCCCCCCCCCCCC(=O)NC(COC1OC(CO)C(OC2OC(CO)C(OC3OC(CO)C(O)C(O)C3O)C(O)C2O)C(O)C1O)C(O)/C=C/CC/C=C/CCCCCCCCCCCC. The number of allylic oxidation sites excluding steroid dienone is 5. The Morgan fingerprint density at radius 3 is 1.02 bits per heavy atom. The number of nitrogens with one attached hydrogen (secondary N) is 1. The van der Waals surface area contributed by atoms with Crippen molar-refractivity contribution in [3.63, 3.8) is 0 Å². The largest absolute Gasteiger partial charge is 0.394 e. The molecule has 0 saturated carbocycles. The molecule has 19 heteroatoms. The summed E-state index contributed by atoms with van der Waals surface area (Å²) in [5, 5.41) is 121. The van der Waals surface area contributed by atoms with E-state index in [1.807, 2.05) is 6.08 Å². The molecule has 17 atom stereocenters. The van der Waals surface area contributed by atoms with Crippen LogP contribution in [0.1, 0.15) is 328 Å². The molecule has 0 aromatic heterocycles. The topological polar surface area (TPSA) is 307 Å². The highest BCUT2D eigenvalue weighted by molar-refractivity contribution is 5.76. The van der Waals surface area contributed by atoms with E-state index in [-0.39, 0.29) is 18.9 Å². The van der Waals surface area contributed by atoms with E-state index in [1.54, 1.807) is 6.08 Å². The van der Waals surface area contributed by atoms with Gasteiger partial charge >= 0.3 is 0 Å². The van der Waals surface area contributed by atoms with Gasteiger partial charge in [-0.05, 0) is 57.8 Å². The highest BCUT2D eigenvalue weighted by Gasteiger charge is 2.54. The first-order valence-corrected chi connectivity index (χ1v) is 40.2. The zero-order valence-electron chi connectivity index (χ0n) is 61.5. The second-order valence-electron chi connectivity index (χ2n) is 28.9. The monoisotopic (exact) mass is 1400 g/mol. The van der Waals surface area contributed by atoms with Crippen LogP contribution in [0.25, 0.3) is 0 Å². The highest BCUT2D eigenvalue weighted by atomic mass is 16.8. The van der Waals surface area contributed by atoms with Crippen molar-refractivity contribution in [1.29, 1.82) is 0 Å². The maximum atomic E-state index is 13.4. The Hall–Kier alpha value is -1.99. The van der Waals surface area contributed by atoms with E-state index in [0.29, 0.717) is 12.8 Å². The van der Waals surface area contributed by atoms with Crippen LogP contribution in [0.15, 0.2) is 36.5 Å². The molecule has 17 unspecified atom stereocenters. The van der Waals surface area contributed by atoms with Crippen LogP contribution < -0.4 is 5.32 Å². The van der Waals surface area contributed by atoms with Gasteiger partial charge in [-0.25, -0.2) is 0 Å². The van der Waals surface area contributed by atoms with Crippen molar-refractivity contribution in [2.75, 3.05) is 26.4 Å². The van der Waals surface area contributed by atoms with Crippen LogP contribution in [0.2, 0.25) is 0 Å².